The van der Waals surface area contributed by atoms with Gasteiger partial charge in [0.15, 0.2) is 0 Å². The first-order valence-electron chi connectivity index (χ1n) is 3.84. The Morgan fingerprint density at radius 3 is 2.00 bits per heavy atom. The van der Waals surface area contributed by atoms with Crippen LogP contribution in [0.5, 0.6) is 0 Å². The minimum absolute atomic E-state index is 0. The third-order valence-corrected chi connectivity index (χ3v) is 1.18. The molecule has 0 aromatic heterocycles. The van der Waals surface area contributed by atoms with E-state index >= 15 is 0 Å². The molecule has 0 aromatic carbocycles. The second kappa shape index (κ2) is 12.9. The van der Waals surface area contributed by atoms with Crippen LogP contribution < -0.4 is 18.9 Å². The predicted molar refractivity (Wildman–Crippen MR) is 40.7 cm³/mol. The van der Waals surface area contributed by atoms with Crippen LogP contribution in [0.3, 0.4) is 0 Å². The van der Waals surface area contributed by atoms with Gasteiger partial charge in [-0.2, -0.15) is 6.42 Å². The van der Waals surface area contributed by atoms with E-state index in [0.29, 0.717) is 6.42 Å². The molecule has 1 aliphatic rings. The van der Waals surface area contributed by atoms with E-state index in [4.69, 9.17) is 4.74 Å². The summed E-state index contributed by atoms with van der Waals surface area (Å²) >= 11 is 0. The zero-order valence-electron chi connectivity index (χ0n) is 7.56. The summed E-state index contributed by atoms with van der Waals surface area (Å²) < 4.78 is 4.94. The second-order valence-corrected chi connectivity index (χ2v) is 2.21. The van der Waals surface area contributed by atoms with E-state index in [2.05, 4.69) is 0 Å². The smallest absolute Gasteiger partial charge is 0.542 e. The number of ether oxygens (including phenoxy) is 1. The summed E-state index contributed by atoms with van der Waals surface area (Å²) in [5.41, 5.74) is 0. The number of hydrogen-bond donors (Lipinski definition) is 0. The molecule has 0 amide bonds. The van der Waals surface area contributed by atoms with Crippen molar-refractivity contribution >= 4 is 6.29 Å². The number of carbonyl (C=O) groups excluding carboxylic acids is 1. The summed E-state index contributed by atoms with van der Waals surface area (Å²) in [6.45, 7) is 3.95. The van der Waals surface area contributed by atoms with Crippen LogP contribution in [0.4, 0.5) is 0 Å². The van der Waals surface area contributed by atoms with Gasteiger partial charge in [0.1, 0.15) is 0 Å². The fraction of sp³-hybridized carbons (Fsp3) is 0.875. The van der Waals surface area contributed by atoms with Crippen LogP contribution in [-0.2, 0) is 9.53 Å². The van der Waals surface area contributed by atoms with E-state index in [-0.39, 0.29) is 18.9 Å². The molecule has 1 rings (SSSR count). The van der Waals surface area contributed by atoms with E-state index in [1.54, 1.807) is 6.29 Å². The molecule has 60 valence electrons. The first kappa shape index (κ1) is 13.8. The molecule has 0 radical (unpaired) electrons. The molecule has 0 N–H and O–H groups in total. The standard InChI is InChI=1S/C4H8O.C4H7O.Li/c1-2-4-5-3-1;1-2-3-4-5;/h1-4H2;2-3H2,1H3;/q;-1;+1. The van der Waals surface area contributed by atoms with E-state index in [0.717, 1.165) is 19.6 Å². The summed E-state index contributed by atoms with van der Waals surface area (Å²) in [7, 11) is 0. The van der Waals surface area contributed by atoms with Gasteiger partial charge in [-0.05, 0) is 12.8 Å². The molecule has 2 nitrogen and oxygen atoms in total. The summed E-state index contributed by atoms with van der Waals surface area (Å²) in [6.07, 6.45) is 5.83. The Hall–Kier alpha value is 0.227. The van der Waals surface area contributed by atoms with Crippen molar-refractivity contribution in [3.63, 3.8) is 0 Å². The van der Waals surface area contributed by atoms with Gasteiger partial charge in [-0.1, -0.05) is 13.3 Å². The van der Waals surface area contributed by atoms with Gasteiger partial charge in [0, 0.05) is 13.2 Å². The molecule has 0 unspecified atom stereocenters. The van der Waals surface area contributed by atoms with E-state index in [9.17, 15) is 4.79 Å². The number of rotatable bonds is 2. The van der Waals surface area contributed by atoms with Crippen molar-refractivity contribution < 1.29 is 28.4 Å². The monoisotopic (exact) mass is 150 g/mol. The molecule has 0 spiro atoms. The van der Waals surface area contributed by atoms with Crippen LogP contribution in [0.2, 0.25) is 0 Å². The zero-order valence-corrected chi connectivity index (χ0v) is 7.56. The van der Waals surface area contributed by atoms with Crippen molar-refractivity contribution in [1.29, 1.82) is 0 Å². The van der Waals surface area contributed by atoms with E-state index < -0.39 is 0 Å². The number of hydrogen-bond acceptors (Lipinski definition) is 2. The Morgan fingerprint density at radius 1 is 1.36 bits per heavy atom. The summed E-state index contributed by atoms with van der Waals surface area (Å²) in [5.74, 6) is 0. The summed E-state index contributed by atoms with van der Waals surface area (Å²) in [4.78, 5) is 9.28. The molecule has 0 aliphatic carbocycles. The van der Waals surface area contributed by atoms with Crippen molar-refractivity contribution in [2.75, 3.05) is 13.2 Å². The Bertz CT molecular complexity index is 64.9. The van der Waals surface area contributed by atoms with Gasteiger partial charge in [-0.25, -0.2) is 0 Å². The SMILES string of the molecule is C1CCOC1.CCC[C-]=O.[Li+]. The average Bonchev–Trinajstić information content (AvgIpc) is 2.44. The van der Waals surface area contributed by atoms with Gasteiger partial charge in [0.25, 0.3) is 0 Å². The Morgan fingerprint density at radius 2 is 1.91 bits per heavy atom. The zero-order chi connectivity index (χ0) is 7.66. The number of unbranched alkanes of at least 4 members (excludes halogenated alkanes) is 1. The van der Waals surface area contributed by atoms with E-state index in [1.165, 1.54) is 12.8 Å². The Kier molecular flexibility index (Phi) is 16.1. The molecule has 0 bridgehead atoms. The first-order chi connectivity index (χ1) is 4.91. The fourth-order valence-corrected chi connectivity index (χ4v) is 0.612. The molecular weight excluding hydrogens is 135 g/mol. The van der Waals surface area contributed by atoms with Gasteiger partial charge in [0.2, 0.25) is 0 Å². The topological polar surface area (TPSA) is 26.3 Å². The van der Waals surface area contributed by atoms with E-state index in [1.807, 2.05) is 6.92 Å². The third kappa shape index (κ3) is 13.3. The van der Waals surface area contributed by atoms with Gasteiger partial charge in [-0.15, -0.1) is 0 Å². The molecular formula is C8H15LiO2. The Balaban J connectivity index is 0. The quantitative estimate of drug-likeness (QED) is 0.361. The van der Waals surface area contributed by atoms with Crippen LogP contribution in [0, 0.1) is 0 Å². The third-order valence-electron chi connectivity index (χ3n) is 1.18. The maximum atomic E-state index is 9.28. The molecule has 11 heavy (non-hydrogen) atoms. The molecule has 1 heterocycles. The van der Waals surface area contributed by atoms with Crippen molar-refractivity contribution in [1.82, 2.24) is 0 Å². The molecule has 1 fully saturated rings. The van der Waals surface area contributed by atoms with Crippen LogP contribution in [-0.4, -0.2) is 19.5 Å². The first-order valence-corrected chi connectivity index (χ1v) is 3.84. The molecule has 0 atom stereocenters. The molecule has 1 aliphatic heterocycles. The van der Waals surface area contributed by atoms with Crippen molar-refractivity contribution in [2.24, 2.45) is 0 Å². The normalized spacial score (nSPS) is 14.3. The van der Waals surface area contributed by atoms with Crippen LogP contribution in [0.25, 0.3) is 0 Å². The van der Waals surface area contributed by atoms with Crippen molar-refractivity contribution in [2.45, 2.75) is 32.6 Å². The fourth-order valence-electron chi connectivity index (χ4n) is 0.612. The molecule has 0 aromatic rings. The second-order valence-electron chi connectivity index (χ2n) is 2.21. The maximum absolute atomic E-state index is 9.28. The Labute approximate surface area is 80.9 Å². The van der Waals surface area contributed by atoms with Gasteiger partial charge in [0.05, 0.1) is 0 Å². The molecule has 1 saturated heterocycles. The maximum Gasteiger partial charge on any atom is 1.00 e. The molecule has 0 saturated carbocycles. The minimum Gasteiger partial charge on any atom is -0.542 e. The predicted octanol–water partition coefficient (Wildman–Crippen LogP) is -1.30. The summed E-state index contributed by atoms with van der Waals surface area (Å²) in [6, 6.07) is 0. The van der Waals surface area contributed by atoms with Crippen molar-refractivity contribution in [3.05, 3.63) is 0 Å². The van der Waals surface area contributed by atoms with Crippen LogP contribution in [0.1, 0.15) is 32.6 Å². The largest absolute Gasteiger partial charge is 1.00 e. The van der Waals surface area contributed by atoms with Gasteiger partial charge >= 0.3 is 18.9 Å². The van der Waals surface area contributed by atoms with Crippen molar-refractivity contribution in [3.8, 4) is 0 Å². The van der Waals surface area contributed by atoms with Gasteiger partial charge < -0.3 is 9.53 Å². The molecule has 3 heteroatoms. The summed E-state index contributed by atoms with van der Waals surface area (Å²) in [5, 5.41) is 0. The van der Waals surface area contributed by atoms with Crippen LogP contribution >= 0.6 is 0 Å². The average molecular weight is 150 g/mol. The van der Waals surface area contributed by atoms with Gasteiger partial charge in [-0.3, -0.25) is 6.29 Å². The minimum atomic E-state index is 0. The van der Waals surface area contributed by atoms with Crippen LogP contribution in [0.15, 0.2) is 0 Å².